The number of nitrogens with zero attached hydrogens (tertiary/aromatic N) is 3. The molecule has 0 saturated heterocycles. The van der Waals surface area contributed by atoms with Gasteiger partial charge < -0.3 is 15.2 Å². The van der Waals surface area contributed by atoms with Crippen LogP contribution in [0.5, 0.6) is 0 Å². The molecular weight excluding hydrogens is 266 g/mol. The summed E-state index contributed by atoms with van der Waals surface area (Å²) < 4.78 is 1.75. The Hall–Kier alpha value is -2.21. The zero-order chi connectivity index (χ0) is 14.7. The molecule has 6 nitrogen and oxygen atoms in total. The number of pyridine rings is 1. The summed E-state index contributed by atoms with van der Waals surface area (Å²) >= 11 is 0. The Morgan fingerprint density at radius 3 is 3.24 bits per heavy atom. The lowest BCUT2D eigenvalue weighted by molar-refractivity contribution is -0.121. The van der Waals surface area contributed by atoms with Crippen molar-refractivity contribution in [3.05, 3.63) is 47.3 Å². The fourth-order valence-electron chi connectivity index (χ4n) is 2.67. The lowest BCUT2D eigenvalue weighted by Gasteiger charge is -2.21. The van der Waals surface area contributed by atoms with Crippen molar-refractivity contribution in [2.24, 2.45) is 0 Å². The van der Waals surface area contributed by atoms with E-state index in [2.05, 4.69) is 20.6 Å². The molecule has 0 radical (unpaired) electrons. The van der Waals surface area contributed by atoms with Crippen LogP contribution in [0.2, 0.25) is 0 Å². The van der Waals surface area contributed by atoms with Gasteiger partial charge >= 0.3 is 0 Å². The zero-order valence-corrected chi connectivity index (χ0v) is 12.1. The van der Waals surface area contributed by atoms with Crippen LogP contribution in [0.1, 0.15) is 22.4 Å². The Kier molecular flexibility index (Phi) is 3.96. The average molecular weight is 285 g/mol. The lowest BCUT2D eigenvalue weighted by atomic mass is 9.96. The molecule has 0 fully saturated rings. The molecule has 2 N–H and O–H groups in total. The van der Waals surface area contributed by atoms with Crippen LogP contribution < -0.4 is 10.6 Å². The van der Waals surface area contributed by atoms with E-state index in [1.807, 2.05) is 13.1 Å². The second-order valence-electron chi connectivity index (χ2n) is 5.26. The fourth-order valence-corrected chi connectivity index (χ4v) is 2.67. The minimum atomic E-state index is -0.0149. The van der Waals surface area contributed by atoms with Gasteiger partial charge in [-0.1, -0.05) is 0 Å². The monoisotopic (exact) mass is 285 g/mol. The van der Waals surface area contributed by atoms with Gasteiger partial charge in [-0.3, -0.25) is 9.78 Å². The lowest BCUT2D eigenvalue weighted by Crippen LogP contribution is -2.30. The highest BCUT2D eigenvalue weighted by Gasteiger charge is 2.16. The van der Waals surface area contributed by atoms with Gasteiger partial charge in [-0.2, -0.15) is 0 Å². The van der Waals surface area contributed by atoms with Gasteiger partial charge in [-0.25, -0.2) is 4.98 Å². The predicted molar refractivity (Wildman–Crippen MR) is 78.5 cm³/mol. The van der Waals surface area contributed by atoms with Gasteiger partial charge in [0.05, 0.1) is 6.33 Å². The number of aryl methyl sites for hydroxylation is 1. The van der Waals surface area contributed by atoms with Crippen molar-refractivity contribution in [2.45, 2.75) is 33.0 Å². The van der Waals surface area contributed by atoms with E-state index in [0.29, 0.717) is 13.1 Å². The van der Waals surface area contributed by atoms with Crippen molar-refractivity contribution in [3.8, 4) is 0 Å². The molecule has 2 aromatic heterocycles. The van der Waals surface area contributed by atoms with Crippen LogP contribution >= 0.6 is 0 Å². The summed E-state index contributed by atoms with van der Waals surface area (Å²) in [6.45, 7) is 4.67. The van der Waals surface area contributed by atoms with Crippen molar-refractivity contribution in [1.82, 2.24) is 25.2 Å². The summed E-state index contributed by atoms with van der Waals surface area (Å²) in [7, 11) is 0. The highest BCUT2D eigenvalue weighted by Crippen LogP contribution is 2.20. The first-order chi connectivity index (χ1) is 10.2. The van der Waals surface area contributed by atoms with E-state index < -0.39 is 0 Å². The molecule has 2 aromatic rings. The summed E-state index contributed by atoms with van der Waals surface area (Å²) in [5, 5.41) is 6.32. The SMILES string of the molecule is Cc1ncc2c(c1CNC(=O)Cn1ccnc1)CCNC2. The summed E-state index contributed by atoms with van der Waals surface area (Å²) in [4.78, 5) is 20.3. The molecule has 1 aliphatic heterocycles. The maximum absolute atomic E-state index is 12.0. The van der Waals surface area contributed by atoms with Gasteiger partial charge in [0.15, 0.2) is 0 Å². The molecule has 0 atom stereocenters. The highest BCUT2D eigenvalue weighted by molar-refractivity contribution is 5.75. The van der Waals surface area contributed by atoms with Gasteiger partial charge in [-0.15, -0.1) is 0 Å². The molecule has 6 heteroatoms. The molecule has 3 rings (SSSR count). The van der Waals surface area contributed by atoms with Crippen molar-refractivity contribution >= 4 is 5.91 Å². The standard InChI is InChI=1S/C15H19N5O/c1-11-14(13-2-3-16-6-12(13)7-18-11)8-19-15(21)9-20-5-4-17-10-20/h4-5,7,10,16H,2-3,6,8-9H2,1H3,(H,19,21). The number of amides is 1. The van der Waals surface area contributed by atoms with E-state index in [1.165, 1.54) is 11.1 Å². The molecular formula is C15H19N5O. The predicted octanol–water partition coefficient (Wildman–Crippen LogP) is 0.549. The van der Waals surface area contributed by atoms with Crippen molar-refractivity contribution < 1.29 is 4.79 Å². The minimum absolute atomic E-state index is 0.0149. The van der Waals surface area contributed by atoms with Gasteiger partial charge in [0.1, 0.15) is 6.54 Å². The maximum atomic E-state index is 12.0. The number of hydrogen-bond acceptors (Lipinski definition) is 4. The van der Waals surface area contributed by atoms with Crippen molar-refractivity contribution in [2.75, 3.05) is 6.54 Å². The minimum Gasteiger partial charge on any atom is -0.350 e. The molecule has 0 unspecified atom stereocenters. The first kappa shape index (κ1) is 13.8. The van der Waals surface area contributed by atoms with Crippen LogP contribution in [0.25, 0.3) is 0 Å². The van der Waals surface area contributed by atoms with Crippen LogP contribution in [0.4, 0.5) is 0 Å². The number of carbonyl (C=O) groups excluding carboxylic acids is 1. The van der Waals surface area contributed by atoms with Crippen molar-refractivity contribution in [3.63, 3.8) is 0 Å². The van der Waals surface area contributed by atoms with E-state index in [-0.39, 0.29) is 5.91 Å². The van der Waals surface area contributed by atoms with E-state index >= 15 is 0 Å². The molecule has 0 aliphatic carbocycles. The third-order valence-corrected chi connectivity index (χ3v) is 3.82. The summed E-state index contributed by atoms with van der Waals surface area (Å²) in [6.07, 6.45) is 8.02. The van der Waals surface area contributed by atoms with E-state index in [9.17, 15) is 4.79 Å². The second kappa shape index (κ2) is 6.05. The number of imidazole rings is 1. The smallest absolute Gasteiger partial charge is 0.240 e. The Balaban J connectivity index is 1.69. The molecule has 21 heavy (non-hydrogen) atoms. The van der Waals surface area contributed by atoms with Crippen molar-refractivity contribution in [1.29, 1.82) is 0 Å². The molecule has 0 spiro atoms. The number of rotatable bonds is 4. The van der Waals surface area contributed by atoms with E-state index in [1.54, 1.807) is 23.3 Å². The number of nitrogens with one attached hydrogen (secondary N) is 2. The molecule has 0 saturated carbocycles. The number of carbonyl (C=O) groups is 1. The number of fused-ring (bicyclic) bond motifs is 1. The normalized spacial score (nSPS) is 13.8. The summed E-state index contributed by atoms with van der Waals surface area (Å²) in [5.74, 6) is -0.0149. The largest absolute Gasteiger partial charge is 0.350 e. The fraction of sp³-hybridized carbons (Fsp3) is 0.400. The number of hydrogen-bond donors (Lipinski definition) is 2. The highest BCUT2D eigenvalue weighted by atomic mass is 16.1. The third-order valence-electron chi connectivity index (χ3n) is 3.82. The van der Waals surface area contributed by atoms with Gasteiger partial charge in [0, 0.05) is 37.4 Å². The zero-order valence-electron chi connectivity index (χ0n) is 12.1. The Morgan fingerprint density at radius 2 is 2.43 bits per heavy atom. The first-order valence-corrected chi connectivity index (χ1v) is 7.13. The second-order valence-corrected chi connectivity index (χ2v) is 5.26. The number of aromatic nitrogens is 3. The molecule has 110 valence electrons. The molecule has 0 bridgehead atoms. The van der Waals surface area contributed by atoms with Crippen LogP contribution in [0.15, 0.2) is 24.9 Å². The van der Waals surface area contributed by atoms with Gasteiger partial charge in [0.2, 0.25) is 5.91 Å². The summed E-state index contributed by atoms with van der Waals surface area (Å²) in [5.41, 5.74) is 4.74. The maximum Gasteiger partial charge on any atom is 0.240 e. The Bertz CT molecular complexity index is 636. The van der Waals surface area contributed by atoms with Crippen LogP contribution in [-0.4, -0.2) is 27.0 Å². The summed E-state index contributed by atoms with van der Waals surface area (Å²) in [6, 6.07) is 0. The van der Waals surface area contributed by atoms with Gasteiger partial charge in [-0.05, 0) is 36.6 Å². The quantitative estimate of drug-likeness (QED) is 0.860. The first-order valence-electron chi connectivity index (χ1n) is 7.13. The third kappa shape index (κ3) is 3.11. The molecule has 0 aromatic carbocycles. The molecule has 1 amide bonds. The van der Waals surface area contributed by atoms with Crippen LogP contribution in [0.3, 0.4) is 0 Å². The van der Waals surface area contributed by atoms with E-state index in [0.717, 1.165) is 30.8 Å². The Morgan fingerprint density at radius 1 is 1.52 bits per heavy atom. The topological polar surface area (TPSA) is 71.8 Å². The van der Waals surface area contributed by atoms with Gasteiger partial charge in [0.25, 0.3) is 0 Å². The van der Waals surface area contributed by atoms with E-state index in [4.69, 9.17) is 0 Å². The Labute approximate surface area is 123 Å². The average Bonchev–Trinajstić information content (AvgIpc) is 2.99. The van der Waals surface area contributed by atoms with Crippen LogP contribution in [-0.2, 0) is 30.8 Å². The molecule has 3 heterocycles. The van der Waals surface area contributed by atoms with Crippen LogP contribution in [0, 0.1) is 6.92 Å². The molecule has 1 aliphatic rings.